The van der Waals surface area contributed by atoms with Crippen LogP contribution in [0, 0.1) is 0 Å². The van der Waals surface area contributed by atoms with Crippen LogP contribution in [0.1, 0.15) is 181 Å². The lowest BCUT2D eigenvalue weighted by Gasteiger charge is -2.18. The molecule has 1 unspecified atom stereocenters. The van der Waals surface area contributed by atoms with Crippen LogP contribution in [0.4, 0.5) is 0 Å². The first kappa shape index (κ1) is 52.3. The molecule has 0 aromatic rings. The monoisotopic (exact) mass is 777 g/mol. The molecule has 56 heavy (non-hydrogen) atoms. The lowest BCUT2D eigenvalue weighted by atomic mass is 10.1. The van der Waals surface area contributed by atoms with Gasteiger partial charge in [-0.05, 0) is 109 Å². The number of rotatable bonds is 38. The topological polar surface area (TPSA) is 78.9 Å². The average Bonchev–Trinajstić information content (AvgIpc) is 3.19. The maximum absolute atomic E-state index is 12.7. The van der Waals surface area contributed by atoms with Crippen molar-refractivity contribution in [3.05, 3.63) is 97.2 Å². The first-order valence-corrected chi connectivity index (χ1v) is 22.2. The Balaban J connectivity index is 4.51. The van der Waals surface area contributed by atoms with Crippen molar-refractivity contribution in [2.45, 2.75) is 187 Å². The van der Waals surface area contributed by atoms with Crippen LogP contribution in [0.25, 0.3) is 0 Å². The Labute approximate surface area is 343 Å². The SMILES string of the molecule is CC/C=C\C/C=C\CCCCCCCC(=O)OC(COC(=O)CCC/C=C\C/C=C\C/C=C\C/C=C\CCCCC)COC(=O)CCCC/C=C\C/C=C\CC. The van der Waals surface area contributed by atoms with Gasteiger partial charge in [-0.3, -0.25) is 14.4 Å². The van der Waals surface area contributed by atoms with E-state index < -0.39 is 6.10 Å². The molecule has 1 atom stereocenters. The molecule has 0 spiro atoms. The highest BCUT2D eigenvalue weighted by atomic mass is 16.6. The third-order valence-corrected chi connectivity index (χ3v) is 8.80. The molecule has 0 radical (unpaired) electrons. The van der Waals surface area contributed by atoms with E-state index in [1.807, 2.05) is 0 Å². The van der Waals surface area contributed by atoms with Gasteiger partial charge >= 0.3 is 17.9 Å². The number of unbranched alkanes of at least 4 members (excludes halogenated alkanes) is 11. The first-order valence-electron chi connectivity index (χ1n) is 22.2. The molecule has 0 aromatic carbocycles. The molecular weight excluding hydrogens is 697 g/mol. The molecule has 0 saturated heterocycles. The molecule has 0 heterocycles. The van der Waals surface area contributed by atoms with Crippen LogP contribution in [0.15, 0.2) is 97.2 Å². The van der Waals surface area contributed by atoms with Crippen molar-refractivity contribution in [2.75, 3.05) is 13.2 Å². The van der Waals surface area contributed by atoms with Crippen molar-refractivity contribution in [3.8, 4) is 0 Å². The molecule has 0 fully saturated rings. The van der Waals surface area contributed by atoms with E-state index in [4.69, 9.17) is 14.2 Å². The zero-order valence-corrected chi connectivity index (χ0v) is 35.9. The number of allylic oxidation sites excluding steroid dienone is 16. The maximum Gasteiger partial charge on any atom is 0.306 e. The fourth-order valence-electron chi connectivity index (χ4n) is 5.51. The summed E-state index contributed by atoms with van der Waals surface area (Å²) in [5, 5.41) is 0. The second kappa shape index (κ2) is 44.0. The van der Waals surface area contributed by atoms with Crippen LogP contribution in [0.2, 0.25) is 0 Å². The van der Waals surface area contributed by atoms with Crippen molar-refractivity contribution >= 4 is 17.9 Å². The summed E-state index contributed by atoms with van der Waals surface area (Å²) in [7, 11) is 0. The molecule has 316 valence electrons. The Morgan fingerprint density at radius 2 is 0.714 bits per heavy atom. The maximum atomic E-state index is 12.7. The number of hydrogen-bond donors (Lipinski definition) is 0. The first-order chi connectivity index (χ1) is 27.5. The zero-order valence-electron chi connectivity index (χ0n) is 35.9. The number of carbonyl (C=O) groups excluding carboxylic acids is 3. The smallest absolute Gasteiger partial charge is 0.306 e. The van der Waals surface area contributed by atoms with E-state index in [0.29, 0.717) is 19.3 Å². The van der Waals surface area contributed by atoms with Crippen LogP contribution in [0.5, 0.6) is 0 Å². The van der Waals surface area contributed by atoms with Gasteiger partial charge in [0.05, 0.1) is 0 Å². The second-order valence-electron chi connectivity index (χ2n) is 14.2. The number of hydrogen-bond acceptors (Lipinski definition) is 6. The van der Waals surface area contributed by atoms with E-state index in [0.717, 1.165) is 109 Å². The minimum absolute atomic E-state index is 0.120. The fourth-order valence-corrected chi connectivity index (χ4v) is 5.51. The van der Waals surface area contributed by atoms with Crippen molar-refractivity contribution in [1.29, 1.82) is 0 Å². The van der Waals surface area contributed by atoms with Crippen LogP contribution in [-0.4, -0.2) is 37.2 Å². The lowest BCUT2D eigenvalue weighted by molar-refractivity contribution is -0.167. The van der Waals surface area contributed by atoms with Crippen molar-refractivity contribution < 1.29 is 28.6 Å². The molecule has 0 aliphatic rings. The van der Waals surface area contributed by atoms with Crippen molar-refractivity contribution in [1.82, 2.24) is 0 Å². The number of ether oxygens (including phenoxy) is 3. The standard InChI is InChI=1S/C50H80O6/c1-4-7-10-13-16-19-21-23-24-25-26-27-29-31-34-37-40-43-49(52)55-46-47(45-54-48(51)42-39-36-33-30-18-15-12-9-6-3)56-50(53)44-41-38-35-32-28-22-20-17-14-11-8-5-2/h8-9,11-12,16-20,23-24,26-27,30-31,34,47H,4-7,10,13-15,21-22,25,28-29,32-33,35-46H2,1-3H3/b11-8-,12-9-,19-16-,20-17-,24-23-,27-26-,30-18-,34-31-. The predicted molar refractivity (Wildman–Crippen MR) is 237 cm³/mol. The van der Waals surface area contributed by atoms with Crippen LogP contribution < -0.4 is 0 Å². The summed E-state index contributed by atoms with van der Waals surface area (Å²) >= 11 is 0. The summed E-state index contributed by atoms with van der Waals surface area (Å²) in [5.74, 6) is -1.04. The Bertz CT molecular complexity index is 1170. The number of esters is 3. The summed E-state index contributed by atoms with van der Waals surface area (Å²) in [6.07, 6.45) is 56.9. The van der Waals surface area contributed by atoms with Gasteiger partial charge in [0.1, 0.15) is 13.2 Å². The largest absolute Gasteiger partial charge is 0.462 e. The lowest BCUT2D eigenvalue weighted by Crippen LogP contribution is -2.30. The Morgan fingerprint density at radius 3 is 1.20 bits per heavy atom. The second-order valence-corrected chi connectivity index (χ2v) is 14.2. The van der Waals surface area contributed by atoms with Crippen molar-refractivity contribution in [2.24, 2.45) is 0 Å². The summed E-state index contributed by atoms with van der Waals surface area (Å²) in [5.41, 5.74) is 0. The predicted octanol–water partition coefficient (Wildman–Crippen LogP) is 14.2. The van der Waals surface area contributed by atoms with Gasteiger partial charge in [0.15, 0.2) is 6.10 Å². The molecular formula is C50H80O6. The highest BCUT2D eigenvalue weighted by Crippen LogP contribution is 2.11. The number of carbonyl (C=O) groups is 3. The minimum Gasteiger partial charge on any atom is -0.462 e. The van der Waals surface area contributed by atoms with Gasteiger partial charge in [-0.25, -0.2) is 0 Å². The molecule has 0 saturated carbocycles. The van der Waals surface area contributed by atoms with E-state index in [2.05, 4.69) is 118 Å². The van der Waals surface area contributed by atoms with Gasteiger partial charge < -0.3 is 14.2 Å². The highest BCUT2D eigenvalue weighted by Gasteiger charge is 2.19. The summed E-state index contributed by atoms with van der Waals surface area (Å²) < 4.78 is 16.6. The van der Waals surface area contributed by atoms with Gasteiger partial charge in [0.25, 0.3) is 0 Å². The average molecular weight is 777 g/mol. The molecule has 0 N–H and O–H groups in total. The highest BCUT2D eigenvalue weighted by molar-refractivity contribution is 5.71. The van der Waals surface area contributed by atoms with E-state index in [9.17, 15) is 14.4 Å². The third-order valence-electron chi connectivity index (χ3n) is 8.80. The Kier molecular flexibility index (Phi) is 41.2. The van der Waals surface area contributed by atoms with Gasteiger partial charge in [-0.2, -0.15) is 0 Å². The molecule has 0 rings (SSSR count). The van der Waals surface area contributed by atoms with Gasteiger partial charge in [0.2, 0.25) is 0 Å². The van der Waals surface area contributed by atoms with Crippen LogP contribution in [-0.2, 0) is 28.6 Å². The van der Waals surface area contributed by atoms with E-state index in [1.165, 1.54) is 25.7 Å². The summed E-state index contributed by atoms with van der Waals surface area (Å²) in [6.45, 7) is 6.25. The van der Waals surface area contributed by atoms with Crippen LogP contribution >= 0.6 is 0 Å². The Hall–Kier alpha value is -3.67. The van der Waals surface area contributed by atoms with Gasteiger partial charge in [-0.15, -0.1) is 0 Å². The molecule has 6 nitrogen and oxygen atoms in total. The van der Waals surface area contributed by atoms with Gasteiger partial charge in [-0.1, -0.05) is 150 Å². The summed E-state index contributed by atoms with van der Waals surface area (Å²) in [4.78, 5) is 37.6. The van der Waals surface area contributed by atoms with E-state index in [1.54, 1.807) is 0 Å². The van der Waals surface area contributed by atoms with Crippen molar-refractivity contribution in [3.63, 3.8) is 0 Å². The zero-order chi connectivity index (χ0) is 40.8. The van der Waals surface area contributed by atoms with Gasteiger partial charge in [0, 0.05) is 19.3 Å². The summed E-state index contributed by atoms with van der Waals surface area (Å²) in [6, 6.07) is 0. The molecule has 6 heteroatoms. The minimum atomic E-state index is -0.818. The molecule has 0 aliphatic heterocycles. The molecule has 0 aliphatic carbocycles. The molecule has 0 bridgehead atoms. The van der Waals surface area contributed by atoms with E-state index in [-0.39, 0.29) is 37.5 Å². The quantitative estimate of drug-likeness (QED) is 0.0269. The normalized spacial score (nSPS) is 13.0. The van der Waals surface area contributed by atoms with Crippen LogP contribution in [0.3, 0.4) is 0 Å². The molecule has 0 aromatic heterocycles. The Morgan fingerprint density at radius 1 is 0.375 bits per heavy atom. The van der Waals surface area contributed by atoms with E-state index >= 15 is 0 Å². The fraction of sp³-hybridized carbons (Fsp3) is 0.620. The third kappa shape index (κ3) is 41.5. The molecule has 0 amide bonds.